The number of hydrogen-bond donors (Lipinski definition) is 2. The summed E-state index contributed by atoms with van der Waals surface area (Å²) >= 11 is 3.17. The van der Waals surface area contributed by atoms with E-state index in [1.54, 1.807) is 6.07 Å². The van der Waals surface area contributed by atoms with Gasteiger partial charge in [0.15, 0.2) is 5.96 Å². The average Bonchev–Trinajstić information content (AvgIpc) is 3.46. The zero-order valence-electron chi connectivity index (χ0n) is 15.7. The maximum atomic E-state index is 13.7. The molecule has 3 rings (SSSR count). The summed E-state index contributed by atoms with van der Waals surface area (Å²) in [6, 6.07) is 5.50. The molecule has 1 aromatic rings. The fourth-order valence-corrected chi connectivity index (χ4v) is 3.30. The molecular formula is C19H27BrFN5O. The van der Waals surface area contributed by atoms with E-state index in [2.05, 4.69) is 41.4 Å². The van der Waals surface area contributed by atoms with E-state index in [4.69, 9.17) is 0 Å². The number of guanidine groups is 1. The van der Waals surface area contributed by atoms with Crippen molar-refractivity contribution in [2.75, 3.05) is 39.3 Å². The summed E-state index contributed by atoms with van der Waals surface area (Å²) in [6.45, 7) is 7.00. The molecule has 148 valence electrons. The van der Waals surface area contributed by atoms with Gasteiger partial charge < -0.3 is 15.5 Å². The molecule has 1 saturated carbocycles. The van der Waals surface area contributed by atoms with Crippen molar-refractivity contribution < 1.29 is 9.18 Å². The van der Waals surface area contributed by atoms with Gasteiger partial charge in [-0.3, -0.25) is 9.69 Å². The van der Waals surface area contributed by atoms with Gasteiger partial charge in [-0.05, 0) is 53.4 Å². The third-order valence-electron chi connectivity index (χ3n) is 4.71. The van der Waals surface area contributed by atoms with E-state index < -0.39 is 0 Å². The highest BCUT2D eigenvalue weighted by molar-refractivity contribution is 9.10. The molecule has 1 saturated heterocycles. The standard InChI is InChI=1S/C19H27BrFN5O/c1-2-22-19(23-12-14-3-6-16(20)17(21)11-14)26-9-7-25(8-10-26)13-18(27)24-15-4-5-15/h3,6,11,15H,2,4-5,7-10,12-13H2,1H3,(H,22,23)(H,24,27). The molecular weight excluding hydrogens is 413 g/mol. The van der Waals surface area contributed by atoms with E-state index in [0.717, 1.165) is 57.1 Å². The minimum atomic E-state index is -0.272. The Morgan fingerprint density at radius 1 is 1.30 bits per heavy atom. The lowest BCUT2D eigenvalue weighted by Crippen LogP contribution is -2.54. The maximum absolute atomic E-state index is 13.7. The van der Waals surface area contributed by atoms with Crippen LogP contribution in [0.4, 0.5) is 4.39 Å². The van der Waals surface area contributed by atoms with Crippen LogP contribution in [0.2, 0.25) is 0 Å². The Kier molecular flexibility index (Phi) is 7.07. The third kappa shape index (κ3) is 6.17. The highest BCUT2D eigenvalue weighted by atomic mass is 79.9. The number of hydrogen-bond acceptors (Lipinski definition) is 3. The van der Waals surface area contributed by atoms with Gasteiger partial charge in [-0.1, -0.05) is 6.07 Å². The zero-order chi connectivity index (χ0) is 19.2. The Morgan fingerprint density at radius 2 is 2.04 bits per heavy atom. The second-order valence-electron chi connectivity index (χ2n) is 7.02. The van der Waals surface area contributed by atoms with Crippen LogP contribution < -0.4 is 10.6 Å². The molecule has 1 amide bonds. The number of aliphatic imine (C=N–C) groups is 1. The molecule has 6 nitrogen and oxygen atoms in total. The smallest absolute Gasteiger partial charge is 0.234 e. The van der Waals surface area contributed by atoms with E-state index in [0.29, 0.717) is 23.6 Å². The van der Waals surface area contributed by atoms with Gasteiger partial charge in [0.1, 0.15) is 5.82 Å². The van der Waals surface area contributed by atoms with Crippen molar-refractivity contribution in [3.63, 3.8) is 0 Å². The van der Waals surface area contributed by atoms with Crippen molar-refractivity contribution in [3.05, 3.63) is 34.1 Å². The van der Waals surface area contributed by atoms with Gasteiger partial charge in [0.2, 0.25) is 5.91 Å². The minimum absolute atomic E-state index is 0.129. The number of rotatable bonds is 6. The molecule has 0 aromatic heterocycles. The van der Waals surface area contributed by atoms with Crippen LogP contribution in [0.5, 0.6) is 0 Å². The summed E-state index contributed by atoms with van der Waals surface area (Å²) < 4.78 is 14.1. The predicted molar refractivity (Wildman–Crippen MR) is 108 cm³/mol. The predicted octanol–water partition coefficient (Wildman–Crippen LogP) is 1.95. The van der Waals surface area contributed by atoms with E-state index in [1.165, 1.54) is 6.07 Å². The topological polar surface area (TPSA) is 60.0 Å². The highest BCUT2D eigenvalue weighted by Crippen LogP contribution is 2.18. The Morgan fingerprint density at radius 3 is 2.67 bits per heavy atom. The summed E-state index contributed by atoms with van der Waals surface area (Å²) in [5, 5.41) is 6.35. The largest absolute Gasteiger partial charge is 0.357 e. The quantitative estimate of drug-likeness (QED) is 0.525. The molecule has 8 heteroatoms. The third-order valence-corrected chi connectivity index (χ3v) is 5.35. The van der Waals surface area contributed by atoms with Crippen LogP contribution >= 0.6 is 15.9 Å². The molecule has 2 aliphatic rings. The van der Waals surface area contributed by atoms with E-state index >= 15 is 0 Å². The number of piperazine rings is 1. The molecule has 1 heterocycles. The first-order valence-electron chi connectivity index (χ1n) is 9.54. The normalized spacial score (nSPS) is 18.5. The molecule has 0 atom stereocenters. The first-order chi connectivity index (χ1) is 13.0. The van der Waals surface area contributed by atoms with Crippen molar-refractivity contribution in [1.29, 1.82) is 0 Å². The number of halogens is 2. The monoisotopic (exact) mass is 439 g/mol. The second kappa shape index (κ2) is 9.50. The second-order valence-corrected chi connectivity index (χ2v) is 7.88. The fraction of sp³-hybridized carbons (Fsp3) is 0.579. The number of nitrogens with one attached hydrogen (secondary N) is 2. The number of carbonyl (C=O) groups is 1. The minimum Gasteiger partial charge on any atom is -0.357 e. The summed E-state index contributed by atoms with van der Waals surface area (Å²) in [5.74, 6) is 0.692. The Hall–Kier alpha value is -1.67. The van der Waals surface area contributed by atoms with Crippen molar-refractivity contribution in [2.45, 2.75) is 32.4 Å². The lowest BCUT2D eigenvalue weighted by molar-refractivity contribution is -0.122. The lowest BCUT2D eigenvalue weighted by Gasteiger charge is -2.36. The average molecular weight is 440 g/mol. The first-order valence-corrected chi connectivity index (χ1v) is 10.3. The highest BCUT2D eigenvalue weighted by Gasteiger charge is 2.25. The van der Waals surface area contributed by atoms with Crippen LogP contribution in [0.1, 0.15) is 25.3 Å². The SMILES string of the molecule is CCNC(=NCc1ccc(Br)c(F)c1)N1CCN(CC(=O)NC2CC2)CC1. The first kappa shape index (κ1) is 20.1. The van der Waals surface area contributed by atoms with Gasteiger partial charge in [0.05, 0.1) is 17.6 Å². The van der Waals surface area contributed by atoms with E-state index in [9.17, 15) is 9.18 Å². The van der Waals surface area contributed by atoms with Crippen LogP contribution in [0.25, 0.3) is 0 Å². The van der Waals surface area contributed by atoms with Crippen LogP contribution in [-0.2, 0) is 11.3 Å². The number of nitrogens with zero attached hydrogens (tertiary/aromatic N) is 3. The Balaban J connectivity index is 1.52. The molecule has 2 fully saturated rings. The van der Waals surface area contributed by atoms with Crippen molar-refractivity contribution in [2.24, 2.45) is 4.99 Å². The molecule has 0 bridgehead atoms. The maximum Gasteiger partial charge on any atom is 0.234 e. The van der Waals surface area contributed by atoms with Gasteiger partial charge >= 0.3 is 0 Å². The van der Waals surface area contributed by atoms with Crippen molar-refractivity contribution in [1.82, 2.24) is 20.4 Å². The van der Waals surface area contributed by atoms with Crippen LogP contribution in [0.3, 0.4) is 0 Å². The summed E-state index contributed by atoms with van der Waals surface area (Å²) in [5.41, 5.74) is 0.835. The Bertz CT molecular complexity index is 687. The molecule has 1 aromatic carbocycles. The molecule has 1 aliphatic carbocycles. The Labute approximate surface area is 168 Å². The van der Waals surface area contributed by atoms with E-state index in [1.807, 2.05) is 13.0 Å². The van der Waals surface area contributed by atoms with Gasteiger partial charge in [0.25, 0.3) is 0 Å². The van der Waals surface area contributed by atoms with Crippen molar-refractivity contribution >= 4 is 27.8 Å². The van der Waals surface area contributed by atoms with E-state index in [-0.39, 0.29) is 11.7 Å². The van der Waals surface area contributed by atoms with Crippen LogP contribution in [-0.4, -0.2) is 67.0 Å². The van der Waals surface area contributed by atoms with Gasteiger partial charge in [0, 0.05) is 38.8 Å². The van der Waals surface area contributed by atoms with Crippen LogP contribution in [0.15, 0.2) is 27.7 Å². The van der Waals surface area contributed by atoms with Gasteiger partial charge in [-0.2, -0.15) is 0 Å². The van der Waals surface area contributed by atoms with Gasteiger partial charge in [-0.25, -0.2) is 9.38 Å². The summed E-state index contributed by atoms with van der Waals surface area (Å²) in [6.07, 6.45) is 2.23. The van der Waals surface area contributed by atoms with Crippen LogP contribution in [0, 0.1) is 5.82 Å². The molecule has 0 radical (unpaired) electrons. The zero-order valence-corrected chi connectivity index (χ0v) is 17.3. The number of carbonyl (C=O) groups excluding carboxylic acids is 1. The lowest BCUT2D eigenvalue weighted by atomic mass is 10.2. The van der Waals surface area contributed by atoms with Crippen molar-refractivity contribution in [3.8, 4) is 0 Å². The fourth-order valence-electron chi connectivity index (χ4n) is 3.05. The molecule has 0 spiro atoms. The summed E-state index contributed by atoms with van der Waals surface area (Å²) in [7, 11) is 0. The molecule has 27 heavy (non-hydrogen) atoms. The molecule has 1 aliphatic heterocycles. The summed E-state index contributed by atoms with van der Waals surface area (Å²) in [4.78, 5) is 21.0. The number of benzene rings is 1. The van der Waals surface area contributed by atoms with Gasteiger partial charge in [-0.15, -0.1) is 0 Å². The number of amides is 1. The molecule has 2 N–H and O–H groups in total. The molecule has 0 unspecified atom stereocenters.